The van der Waals surface area contributed by atoms with Crippen LogP contribution in [0.5, 0.6) is 0 Å². The van der Waals surface area contributed by atoms with E-state index in [1.165, 1.54) is 0 Å². The Morgan fingerprint density at radius 3 is 2.00 bits per heavy atom. The average molecular weight is 379 g/mol. The number of benzene rings is 2. The fraction of sp³-hybridized carbons (Fsp3) is 0.348. The molecule has 3 rings (SSSR count). The third kappa shape index (κ3) is 4.85. The topological polar surface area (TPSA) is 63.7 Å². The fourth-order valence-electron chi connectivity index (χ4n) is 3.68. The molecule has 28 heavy (non-hydrogen) atoms. The maximum Gasteiger partial charge on any atom is 0.338 e. The van der Waals surface area contributed by atoms with Gasteiger partial charge in [-0.05, 0) is 30.4 Å². The van der Waals surface area contributed by atoms with Crippen LogP contribution in [0.2, 0.25) is 0 Å². The van der Waals surface area contributed by atoms with Crippen LogP contribution in [0, 0.1) is 11.8 Å². The van der Waals surface area contributed by atoms with Gasteiger partial charge in [-0.1, -0.05) is 56.3 Å². The van der Waals surface area contributed by atoms with Crippen LogP contribution in [0.4, 0.5) is 0 Å². The first kappa shape index (κ1) is 19.8. The zero-order valence-corrected chi connectivity index (χ0v) is 16.3. The quantitative estimate of drug-likeness (QED) is 0.588. The number of amides is 1. The number of hydrogen-bond acceptors (Lipinski definition) is 4. The zero-order valence-electron chi connectivity index (χ0n) is 16.3. The summed E-state index contributed by atoms with van der Waals surface area (Å²) in [6, 6.07) is 15.3. The van der Waals surface area contributed by atoms with E-state index in [1.807, 2.05) is 6.07 Å². The maximum atomic E-state index is 12.4. The van der Waals surface area contributed by atoms with Crippen molar-refractivity contribution in [3.63, 3.8) is 0 Å². The Labute approximate surface area is 165 Å². The number of rotatable bonds is 5. The molecule has 0 aromatic heterocycles. The molecule has 0 aliphatic carbocycles. The van der Waals surface area contributed by atoms with Crippen LogP contribution < -0.4 is 0 Å². The Kier molecular flexibility index (Phi) is 6.24. The maximum absolute atomic E-state index is 12.4. The molecule has 2 atom stereocenters. The normalized spacial score (nSPS) is 19.1. The number of carbonyl (C=O) groups is 3. The molecule has 0 spiro atoms. The smallest absolute Gasteiger partial charge is 0.338 e. The molecule has 1 fully saturated rings. The Hall–Kier alpha value is -2.95. The molecule has 1 aliphatic rings. The Balaban J connectivity index is 1.56. The second-order valence-corrected chi connectivity index (χ2v) is 7.59. The lowest BCUT2D eigenvalue weighted by atomic mass is 9.92. The molecule has 146 valence electrons. The highest BCUT2D eigenvalue weighted by molar-refractivity contribution is 6.09. The molecule has 5 nitrogen and oxygen atoms in total. The molecule has 0 saturated carbocycles. The molecule has 1 heterocycles. The zero-order chi connectivity index (χ0) is 20.1. The second kappa shape index (κ2) is 8.83. The van der Waals surface area contributed by atoms with Crippen molar-refractivity contribution in [2.45, 2.75) is 20.3 Å². The van der Waals surface area contributed by atoms with Crippen LogP contribution in [-0.2, 0) is 9.53 Å². The minimum atomic E-state index is -0.565. The summed E-state index contributed by atoms with van der Waals surface area (Å²) in [6.45, 7) is 5.40. The lowest BCUT2D eigenvalue weighted by Crippen LogP contribution is -2.44. The Morgan fingerprint density at radius 1 is 0.857 bits per heavy atom. The van der Waals surface area contributed by atoms with E-state index >= 15 is 0 Å². The summed E-state index contributed by atoms with van der Waals surface area (Å²) in [6.07, 6.45) is 1.11. The van der Waals surface area contributed by atoms with Crippen molar-refractivity contribution in [3.8, 4) is 0 Å². The molecule has 2 aromatic carbocycles. The lowest BCUT2D eigenvalue weighted by Gasteiger charge is -2.34. The van der Waals surface area contributed by atoms with Crippen molar-refractivity contribution in [2.75, 3.05) is 19.7 Å². The van der Waals surface area contributed by atoms with Crippen molar-refractivity contribution >= 4 is 17.7 Å². The van der Waals surface area contributed by atoms with E-state index in [-0.39, 0.29) is 18.3 Å². The van der Waals surface area contributed by atoms with Gasteiger partial charge in [0.1, 0.15) is 0 Å². The van der Waals surface area contributed by atoms with Crippen LogP contribution in [0.3, 0.4) is 0 Å². The van der Waals surface area contributed by atoms with E-state index in [0.717, 1.165) is 6.42 Å². The van der Waals surface area contributed by atoms with Crippen LogP contribution in [0.15, 0.2) is 54.6 Å². The van der Waals surface area contributed by atoms with Gasteiger partial charge in [0.25, 0.3) is 5.91 Å². The van der Waals surface area contributed by atoms with Crippen molar-refractivity contribution in [3.05, 3.63) is 71.3 Å². The number of esters is 1. The predicted molar refractivity (Wildman–Crippen MR) is 106 cm³/mol. The predicted octanol–water partition coefficient (Wildman–Crippen LogP) is 3.58. The lowest BCUT2D eigenvalue weighted by molar-refractivity contribution is -0.137. The van der Waals surface area contributed by atoms with Crippen LogP contribution >= 0.6 is 0 Å². The minimum absolute atomic E-state index is 0.107. The number of ether oxygens (including phenoxy) is 1. The summed E-state index contributed by atoms with van der Waals surface area (Å²) in [4.78, 5) is 38.7. The van der Waals surface area contributed by atoms with E-state index in [1.54, 1.807) is 53.4 Å². The van der Waals surface area contributed by atoms with Crippen molar-refractivity contribution in [1.82, 2.24) is 4.90 Å². The monoisotopic (exact) mass is 379 g/mol. The molecule has 1 saturated heterocycles. The van der Waals surface area contributed by atoms with Crippen LogP contribution in [0.25, 0.3) is 0 Å². The van der Waals surface area contributed by atoms with Crippen LogP contribution in [0.1, 0.15) is 46.5 Å². The number of nitrogens with zero attached hydrogens (tertiary/aromatic N) is 1. The van der Waals surface area contributed by atoms with Gasteiger partial charge >= 0.3 is 5.97 Å². The van der Waals surface area contributed by atoms with Gasteiger partial charge in [0.05, 0.1) is 5.56 Å². The van der Waals surface area contributed by atoms with E-state index < -0.39 is 5.97 Å². The highest BCUT2D eigenvalue weighted by Crippen LogP contribution is 2.21. The molecular formula is C23H25NO4. The summed E-state index contributed by atoms with van der Waals surface area (Å²) < 4.78 is 5.18. The largest absolute Gasteiger partial charge is 0.452 e. The number of hydrogen-bond donors (Lipinski definition) is 0. The van der Waals surface area contributed by atoms with Gasteiger partial charge in [-0.2, -0.15) is 0 Å². The van der Waals surface area contributed by atoms with E-state index in [9.17, 15) is 14.4 Å². The van der Waals surface area contributed by atoms with E-state index in [0.29, 0.717) is 41.6 Å². The molecule has 1 aliphatic heterocycles. The molecule has 0 bridgehead atoms. The summed E-state index contributed by atoms with van der Waals surface area (Å²) in [5.41, 5.74) is 1.40. The van der Waals surface area contributed by atoms with Gasteiger partial charge in [-0.3, -0.25) is 9.59 Å². The molecule has 1 amide bonds. The van der Waals surface area contributed by atoms with Gasteiger partial charge in [0.15, 0.2) is 12.4 Å². The standard InChI is InChI=1S/C23H25NO4/c1-16-12-17(2)14-24(13-16)21(25)15-28-23(27)20-10-8-19(9-11-20)22(26)18-6-4-3-5-7-18/h3-11,16-17H,12-15H2,1-2H3/t16-,17-/m0/s1. The first-order chi connectivity index (χ1) is 13.4. The fourth-order valence-corrected chi connectivity index (χ4v) is 3.68. The number of piperidine rings is 1. The average Bonchev–Trinajstić information content (AvgIpc) is 2.71. The summed E-state index contributed by atoms with van der Waals surface area (Å²) in [5, 5.41) is 0. The molecule has 0 unspecified atom stereocenters. The highest BCUT2D eigenvalue weighted by Gasteiger charge is 2.26. The highest BCUT2D eigenvalue weighted by atomic mass is 16.5. The van der Waals surface area contributed by atoms with Gasteiger partial charge in [0.2, 0.25) is 0 Å². The first-order valence-electron chi connectivity index (χ1n) is 9.58. The number of carbonyl (C=O) groups excluding carboxylic acids is 3. The van der Waals surface area contributed by atoms with Gasteiger partial charge in [0, 0.05) is 24.2 Å². The minimum Gasteiger partial charge on any atom is -0.452 e. The van der Waals surface area contributed by atoms with E-state index in [2.05, 4.69) is 13.8 Å². The van der Waals surface area contributed by atoms with Crippen molar-refractivity contribution < 1.29 is 19.1 Å². The van der Waals surface area contributed by atoms with Crippen LogP contribution in [-0.4, -0.2) is 42.3 Å². The molecule has 0 radical (unpaired) electrons. The molecule has 2 aromatic rings. The Morgan fingerprint density at radius 2 is 1.39 bits per heavy atom. The molecule has 0 N–H and O–H groups in total. The van der Waals surface area contributed by atoms with Gasteiger partial charge in [-0.25, -0.2) is 4.79 Å². The number of likely N-dealkylation sites (tertiary alicyclic amines) is 1. The molecular weight excluding hydrogens is 354 g/mol. The van der Waals surface area contributed by atoms with Gasteiger partial charge in [-0.15, -0.1) is 0 Å². The third-order valence-corrected chi connectivity index (χ3v) is 4.97. The second-order valence-electron chi connectivity index (χ2n) is 7.59. The summed E-state index contributed by atoms with van der Waals surface area (Å²) in [5.74, 6) is 0.0769. The third-order valence-electron chi connectivity index (χ3n) is 4.97. The molecule has 5 heteroatoms. The summed E-state index contributed by atoms with van der Waals surface area (Å²) >= 11 is 0. The van der Waals surface area contributed by atoms with E-state index in [4.69, 9.17) is 4.74 Å². The van der Waals surface area contributed by atoms with Crippen molar-refractivity contribution in [2.24, 2.45) is 11.8 Å². The number of ketones is 1. The first-order valence-corrected chi connectivity index (χ1v) is 9.58. The van der Waals surface area contributed by atoms with Gasteiger partial charge < -0.3 is 9.64 Å². The summed E-state index contributed by atoms with van der Waals surface area (Å²) in [7, 11) is 0. The SMILES string of the molecule is C[C@H]1C[C@H](C)CN(C(=O)COC(=O)c2ccc(C(=O)c3ccccc3)cc2)C1. The Bertz CT molecular complexity index is 835. The van der Waals surface area contributed by atoms with Crippen molar-refractivity contribution in [1.29, 1.82) is 0 Å².